The number of hydrogen-bond donors (Lipinski definition) is 1. The Hall–Kier alpha value is -2.78. The zero-order valence-electron chi connectivity index (χ0n) is 19.1. The van der Waals surface area contributed by atoms with Crippen LogP contribution < -0.4 is 10.9 Å². The molecular weight excluding hydrogens is 408 g/mol. The van der Waals surface area contributed by atoms with Crippen molar-refractivity contribution >= 4 is 22.6 Å². The van der Waals surface area contributed by atoms with Gasteiger partial charge in [0.05, 0.1) is 23.6 Å². The highest BCUT2D eigenvalue weighted by atomic mass is 16.5. The summed E-state index contributed by atoms with van der Waals surface area (Å²) in [7, 11) is 1.72. The molecule has 0 atom stereocenters. The van der Waals surface area contributed by atoms with Crippen LogP contribution in [0.15, 0.2) is 29.1 Å². The summed E-state index contributed by atoms with van der Waals surface area (Å²) >= 11 is 0. The number of piperidine rings is 1. The number of nitrogens with zero attached hydrogens (tertiary/aromatic N) is 5. The van der Waals surface area contributed by atoms with Gasteiger partial charge in [0.15, 0.2) is 5.82 Å². The fraction of sp³-hybridized carbons (Fsp3) is 0.565. The molecule has 1 amide bonds. The molecule has 3 heterocycles. The van der Waals surface area contributed by atoms with E-state index in [1.807, 2.05) is 42.5 Å². The topological polar surface area (TPSA) is 93.8 Å². The van der Waals surface area contributed by atoms with Gasteiger partial charge in [0, 0.05) is 26.1 Å². The third kappa shape index (κ3) is 4.68. The van der Waals surface area contributed by atoms with Crippen LogP contribution in [-0.2, 0) is 23.1 Å². The molecule has 0 bridgehead atoms. The Morgan fingerprint density at radius 2 is 1.97 bits per heavy atom. The zero-order chi connectivity index (χ0) is 22.7. The number of aryl methyl sites for hydroxylation is 1. The first-order chi connectivity index (χ1) is 15.5. The van der Waals surface area contributed by atoms with Crippen LogP contribution >= 0.6 is 0 Å². The van der Waals surface area contributed by atoms with Gasteiger partial charge in [-0.3, -0.25) is 23.5 Å². The summed E-state index contributed by atoms with van der Waals surface area (Å²) in [4.78, 5) is 27.4. The van der Waals surface area contributed by atoms with E-state index in [2.05, 4.69) is 20.4 Å². The molecule has 1 aliphatic rings. The predicted octanol–water partition coefficient (Wildman–Crippen LogP) is 1.72. The largest absolute Gasteiger partial charge is 0.379 e. The fourth-order valence-corrected chi connectivity index (χ4v) is 4.29. The number of benzene rings is 1. The molecule has 1 saturated heterocycles. The van der Waals surface area contributed by atoms with Crippen molar-refractivity contribution in [1.82, 2.24) is 29.4 Å². The number of hydrogen-bond acceptors (Lipinski definition) is 6. The maximum Gasteiger partial charge on any atom is 0.262 e. The highest BCUT2D eigenvalue weighted by molar-refractivity contribution is 5.80. The summed E-state index contributed by atoms with van der Waals surface area (Å²) in [6, 6.07) is 7.55. The summed E-state index contributed by atoms with van der Waals surface area (Å²) < 4.78 is 9.02. The molecule has 1 aliphatic heterocycles. The quantitative estimate of drug-likeness (QED) is 0.536. The van der Waals surface area contributed by atoms with Crippen LogP contribution in [0.4, 0.5) is 0 Å². The fourth-order valence-electron chi connectivity index (χ4n) is 4.29. The van der Waals surface area contributed by atoms with Crippen LogP contribution in [0.25, 0.3) is 16.7 Å². The van der Waals surface area contributed by atoms with Crippen LogP contribution in [0.5, 0.6) is 0 Å². The number of amides is 1. The molecule has 1 N–H and O–H groups in total. The lowest BCUT2D eigenvalue weighted by Crippen LogP contribution is -2.40. The van der Waals surface area contributed by atoms with Crippen molar-refractivity contribution in [1.29, 1.82) is 0 Å². The van der Waals surface area contributed by atoms with Gasteiger partial charge in [-0.15, -0.1) is 10.2 Å². The normalized spacial score (nSPS) is 15.8. The van der Waals surface area contributed by atoms with Crippen molar-refractivity contribution in [2.24, 2.45) is 13.0 Å². The number of rotatable bonds is 8. The average molecular weight is 441 g/mol. The Morgan fingerprint density at radius 1 is 1.22 bits per heavy atom. The van der Waals surface area contributed by atoms with E-state index >= 15 is 0 Å². The molecule has 0 radical (unpaired) electrons. The first-order valence-corrected chi connectivity index (χ1v) is 11.4. The number of aromatic nitrogens is 4. The highest BCUT2D eigenvalue weighted by Gasteiger charge is 2.26. The van der Waals surface area contributed by atoms with E-state index in [1.165, 1.54) is 0 Å². The minimum atomic E-state index is -0.0744. The van der Waals surface area contributed by atoms with Crippen molar-refractivity contribution < 1.29 is 9.53 Å². The minimum Gasteiger partial charge on any atom is -0.379 e. The second-order valence-corrected chi connectivity index (χ2v) is 8.75. The number of ether oxygens (including phenoxy) is 1. The number of carbonyl (C=O) groups excluding carboxylic acids is 1. The van der Waals surface area contributed by atoms with Crippen LogP contribution in [0.3, 0.4) is 0 Å². The van der Waals surface area contributed by atoms with Gasteiger partial charge in [0.2, 0.25) is 11.7 Å². The third-order valence-electron chi connectivity index (χ3n) is 6.09. The van der Waals surface area contributed by atoms with Crippen molar-refractivity contribution in [3.63, 3.8) is 0 Å². The lowest BCUT2D eigenvalue weighted by Gasteiger charge is -2.30. The maximum absolute atomic E-state index is 12.6. The molecule has 9 nitrogen and oxygen atoms in total. The summed E-state index contributed by atoms with van der Waals surface area (Å²) in [5, 5.41) is 12.4. The third-order valence-corrected chi connectivity index (χ3v) is 6.09. The second kappa shape index (κ2) is 9.79. The Morgan fingerprint density at radius 3 is 2.72 bits per heavy atom. The van der Waals surface area contributed by atoms with Gasteiger partial charge in [0.25, 0.3) is 5.56 Å². The number of carbonyl (C=O) groups is 1. The first-order valence-electron chi connectivity index (χ1n) is 11.4. The van der Waals surface area contributed by atoms with E-state index in [4.69, 9.17) is 4.74 Å². The van der Waals surface area contributed by atoms with Crippen molar-refractivity contribution in [2.45, 2.75) is 45.8 Å². The van der Waals surface area contributed by atoms with Gasteiger partial charge in [-0.05, 0) is 58.3 Å². The van der Waals surface area contributed by atoms with E-state index in [0.717, 1.165) is 43.7 Å². The maximum atomic E-state index is 12.6. The lowest BCUT2D eigenvalue weighted by atomic mass is 9.96. The second-order valence-electron chi connectivity index (χ2n) is 8.75. The van der Waals surface area contributed by atoms with Crippen molar-refractivity contribution in [3.8, 4) is 0 Å². The van der Waals surface area contributed by atoms with Gasteiger partial charge in [0.1, 0.15) is 0 Å². The first kappa shape index (κ1) is 22.4. The van der Waals surface area contributed by atoms with Crippen LogP contribution in [0.2, 0.25) is 0 Å². The highest BCUT2D eigenvalue weighted by Crippen LogP contribution is 2.20. The molecule has 172 valence electrons. The number of para-hydroxylation sites is 1. The Balaban J connectivity index is 1.37. The molecule has 0 saturated carbocycles. The SMILES string of the molecule is CC(C)OCCCNC(=O)C1CCN(Cc2nnc3n(C)c(=O)c4ccccc4n23)CC1. The average Bonchev–Trinajstić information content (AvgIpc) is 3.21. The Kier molecular flexibility index (Phi) is 6.86. The van der Waals surface area contributed by atoms with Crippen LogP contribution in [-0.4, -0.2) is 62.3 Å². The zero-order valence-corrected chi connectivity index (χ0v) is 19.1. The standard InChI is InChI=1S/C23H32N6O3/c1-16(2)32-14-6-11-24-21(30)17-9-12-28(13-10-17)15-20-25-26-23-27(3)22(31)18-7-4-5-8-19(18)29(20)23/h4-5,7-8,16-17H,6,9-15H2,1-3H3,(H,24,30). The van der Waals surface area contributed by atoms with Gasteiger partial charge in [-0.1, -0.05) is 12.1 Å². The van der Waals surface area contributed by atoms with E-state index in [1.54, 1.807) is 11.6 Å². The lowest BCUT2D eigenvalue weighted by molar-refractivity contribution is -0.126. The van der Waals surface area contributed by atoms with E-state index < -0.39 is 0 Å². The van der Waals surface area contributed by atoms with Gasteiger partial charge < -0.3 is 10.1 Å². The molecule has 2 aromatic heterocycles. The summed E-state index contributed by atoms with van der Waals surface area (Å²) in [5.41, 5.74) is 0.746. The molecular formula is C23H32N6O3. The Bertz CT molecular complexity index is 1140. The molecule has 0 aliphatic carbocycles. The van der Waals surface area contributed by atoms with Crippen LogP contribution in [0, 0.1) is 5.92 Å². The molecule has 32 heavy (non-hydrogen) atoms. The summed E-state index contributed by atoms with van der Waals surface area (Å²) in [5.74, 6) is 1.54. The van der Waals surface area contributed by atoms with Crippen LogP contribution in [0.1, 0.15) is 38.9 Å². The molecule has 3 aromatic rings. The molecule has 0 unspecified atom stereocenters. The number of nitrogens with one attached hydrogen (secondary N) is 1. The summed E-state index contributed by atoms with van der Waals surface area (Å²) in [6.45, 7) is 7.63. The molecule has 1 fully saturated rings. The predicted molar refractivity (Wildman–Crippen MR) is 122 cm³/mol. The minimum absolute atomic E-state index is 0.0501. The van der Waals surface area contributed by atoms with Gasteiger partial charge >= 0.3 is 0 Å². The van der Waals surface area contributed by atoms with Gasteiger partial charge in [-0.2, -0.15) is 0 Å². The molecule has 0 spiro atoms. The molecule has 4 rings (SSSR count). The smallest absolute Gasteiger partial charge is 0.262 e. The van der Waals surface area contributed by atoms with E-state index in [0.29, 0.717) is 30.9 Å². The summed E-state index contributed by atoms with van der Waals surface area (Å²) in [6.07, 6.45) is 2.70. The molecule has 1 aromatic carbocycles. The van der Waals surface area contributed by atoms with E-state index in [-0.39, 0.29) is 23.5 Å². The van der Waals surface area contributed by atoms with E-state index in [9.17, 15) is 9.59 Å². The number of fused-ring (bicyclic) bond motifs is 3. The number of likely N-dealkylation sites (tertiary alicyclic amines) is 1. The Labute approximate surface area is 187 Å². The molecule has 9 heteroatoms. The van der Waals surface area contributed by atoms with Crippen molar-refractivity contribution in [2.75, 3.05) is 26.2 Å². The van der Waals surface area contributed by atoms with Gasteiger partial charge in [-0.25, -0.2) is 0 Å². The van der Waals surface area contributed by atoms with Crippen molar-refractivity contribution in [3.05, 3.63) is 40.4 Å². The monoisotopic (exact) mass is 440 g/mol.